The molecule has 3 rings (SSSR count). The third-order valence-electron chi connectivity index (χ3n) is 5.34. The number of amides is 2. The lowest BCUT2D eigenvalue weighted by molar-refractivity contribution is -0.143. The van der Waals surface area contributed by atoms with Gasteiger partial charge < -0.3 is 25.2 Å². The van der Waals surface area contributed by atoms with E-state index < -0.39 is 24.0 Å². The Bertz CT molecular complexity index is 929. The monoisotopic (exact) mass is 440 g/mol. The molecule has 8 heteroatoms. The molecule has 0 bridgehead atoms. The average Bonchev–Trinajstić information content (AvgIpc) is 3.09. The molecule has 8 nitrogen and oxygen atoms in total. The highest BCUT2D eigenvalue weighted by Crippen LogP contribution is 2.44. The predicted octanol–water partition coefficient (Wildman–Crippen LogP) is 2.77. The summed E-state index contributed by atoms with van der Waals surface area (Å²) in [5.41, 5.74) is 4.59. The Kier molecular flexibility index (Phi) is 7.83. The lowest BCUT2D eigenvalue weighted by Gasteiger charge is -2.17. The minimum atomic E-state index is -1.09. The van der Waals surface area contributed by atoms with Gasteiger partial charge in [-0.25, -0.2) is 9.59 Å². The molecule has 1 unspecified atom stereocenters. The molecule has 0 fully saturated rings. The summed E-state index contributed by atoms with van der Waals surface area (Å²) in [6, 6.07) is 15.2. The SMILES string of the molecule is CC(C)C(NC(=O)COCCNC(=O)OCC1c2ccccc2-c2ccccc21)C(=O)O. The van der Waals surface area contributed by atoms with Gasteiger partial charge in [-0.2, -0.15) is 0 Å². The van der Waals surface area contributed by atoms with Gasteiger partial charge in [-0.1, -0.05) is 62.4 Å². The first-order valence-corrected chi connectivity index (χ1v) is 10.6. The molecule has 2 aromatic rings. The highest BCUT2D eigenvalue weighted by molar-refractivity contribution is 5.84. The van der Waals surface area contributed by atoms with Crippen LogP contribution in [0.15, 0.2) is 48.5 Å². The van der Waals surface area contributed by atoms with Gasteiger partial charge in [-0.05, 0) is 28.2 Å². The van der Waals surface area contributed by atoms with Gasteiger partial charge >= 0.3 is 12.1 Å². The van der Waals surface area contributed by atoms with Crippen molar-refractivity contribution >= 4 is 18.0 Å². The Morgan fingerprint density at radius 3 is 2.16 bits per heavy atom. The first kappa shape index (κ1) is 23.3. The molecule has 0 heterocycles. The van der Waals surface area contributed by atoms with Gasteiger partial charge in [0, 0.05) is 12.5 Å². The van der Waals surface area contributed by atoms with Gasteiger partial charge in [0.1, 0.15) is 19.3 Å². The maximum Gasteiger partial charge on any atom is 0.407 e. The summed E-state index contributed by atoms with van der Waals surface area (Å²) in [4.78, 5) is 35.0. The van der Waals surface area contributed by atoms with Crippen molar-refractivity contribution in [1.82, 2.24) is 10.6 Å². The normalized spacial score (nSPS) is 13.2. The highest BCUT2D eigenvalue weighted by atomic mass is 16.5. The number of hydrogen-bond acceptors (Lipinski definition) is 5. The molecule has 2 amide bonds. The summed E-state index contributed by atoms with van der Waals surface area (Å²) in [6.45, 7) is 3.60. The van der Waals surface area contributed by atoms with E-state index in [0.29, 0.717) is 0 Å². The molecule has 0 saturated carbocycles. The summed E-state index contributed by atoms with van der Waals surface area (Å²) in [5.74, 6) is -1.87. The molecule has 0 spiro atoms. The second-order valence-corrected chi connectivity index (χ2v) is 7.93. The summed E-state index contributed by atoms with van der Waals surface area (Å²) in [6.07, 6.45) is -0.564. The van der Waals surface area contributed by atoms with Crippen molar-refractivity contribution in [3.8, 4) is 11.1 Å². The second-order valence-electron chi connectivity index (χ2n) is 7.93. The maximum atomic E-state index is 12.1. The van der Waals surface area contributed by atoms with Crippen LogP contribution < -0.4 is 10.6 Å². The van der Waals surface area contributed by atoms with Crippen molar-refractivity contribution < 1.29 is 29.0 Å². The van der Waals surface area contributed by atoms with Crippen LogP contribution in [-0.4, -0.2) is 55.5 Å². The summed E-state index contributed by atoms with van der Waals surface area (Å²) in [5, 5.41) is 14.1. The van der Waals surface area contributed by atoms with Crippen molar-refractivity contribution in [3.63, 3.8) is 0 Å². The number of hydrogen-bond donors (Lipinski definition) is 3. The minimum absolute atomic E-state index is 0.0174. The fourth-order valence-electron chi connectivity index (χ4n) is 3.77. The molecule has 0 aromatic heterocycles. The Balaban J connectivity index is 1.38. The number of carboxylic acid groups (broad SMARTS) is 1. The zero-order valence-corrected chi connectivity index (χ0v) is 18.2. The number of fused-ring (bicyclic) bond motifs is 3. The third kappa shape index (κ3) is 5.64. The average molecular weight is 440 g/mol. The van der Waals surface area contributed by atoms with E-state index >= 15 is 0 Å². The highest BCUT2D eigenvalue weighted by Gasteiger charge is 2.29. The summed E-state index contributed by atoms with van der Waals surface area (Å²) in [7, 11) is 0. The van der Waals surface area contributed by atoms with E-state index in [0.717, 1.165) is 22.3 Å². The minimum Gasteiger partial charge on any atom is -0.480 e. The number of rotatable bonds is 10. The lowest BCUT2D eigenvalue weighted by atomic mass is 9.98. The number of carbonyl (C=O) groups is 3. The zero-order valence-electron chi connectivity index (χ0n) is 18.2. The van der Waals surface area contributed by atoms with Gasteiger partial charge in [0.25, 0.3) is 0 Å². The van der Waals surface area contributed by atoms with Crippen LogP contribution in [-0.2, 0) is 19.1 Å². The van der Waals surface area contributed by atoms with Crippen molar-refractivity contribution in [3.05, 3.63) is 59.7 Å². The van der Waals surface area contributed by atoms with Crippen molar-refractivity contribution in [2.75, 3.05) is 26.4 Å². The van der Waals surface area contributed by atoms with E-state index in [1.54, 1.807) is 13.8 Å². The van der Waals surface area contributed by atoms with Crippen LogP contribution in [0.1, 0.15) is 30.9 Å². The maximum absolute atomic E-state index is 12.1. The van der Waals surface area contributed by atoms with E-state index in [-0.39, 0.29) is 38.2 Å². The van der Waals surface area contributed by atoms with Gasteiger partial charge in [-0.3, -0.25) is 4.79 Å². The molecule has 0 aliphatic heterocycles. The Morgan fingerprint density at radius 1 is 1.00 bits per heavy atom. The van der Waals surface area contributed by atoms with E-state index in [4.69, 9.17) is 14.6 Å². The van der Waals surface area contributed by atoms with Crippen molar-refractivity contribution in [2.45, 2.75) is 25.8 Å². The zero-order chi connectivity index (χ0) is 23.1. The van der Waals surface area contributed by atoms with Gasteiger partial charge in [0.2, 0.25) is 5.91 Å². The van der Waals surface area contributed by atoms with Crippen molar-refractivity contribution in [1.29, 1.82) is 0 Å². The van der Waals surface area contributed by atoms with E-state index in [2.05, 4.69) is 22.8 Å². The molecular weight excluding hydrogens is 412 g/mol. The topological polar surface area (TPSA) is 114 Å². The van der Waals surface area contributed by atoms with Crippen LogP contribution in [0, 0.1) is 5.92 Å². The van der Waals surface area contributed by atoms with Crippen LogP contribution in [0.5, 0.6) is 0 Å². The Morgan fingerprint density at radius 2 is 1.59 bits per heavy atom. The molecule has 32 heavy (non-hydrogen) atoms. The van der Waals surface area contributed by atoms with Crippen LogP contribution in [0.4, 0.5) is 4.79 Å². The van der Waals surface area contributed by atoms with E-state index in [9.17, 15) is 14.4 Å². The standard InChI is InChI=1S/C24H28N2O6/c1-15(2)22(23(28)29)26-21(27)14-31-12-11-25-24(30)32-13-20-18-9-5-3-7-16(18)17-8-4-6-10-19(17)20/h3-10,15,20,22H,11-14H2,1-2H3,(H,25,30)(H,26,27)(H,28,29). The molecule has 170 valence electrons. The Hall–Kier alpha value is -3.39. The van der Waals surface area contributed by atoms with Crippen LogP contribution >= 0.6 is 0 Å². The largest absolute Gasteiger partial charge is 0.480 e. The van der Waals surface area contributed by atoms with Gasteiger partial charge in [-0.15, -0.1) is 0 Å². The smallest absolute Gasteiger partial charge is 0.407 e. The molecule has 1 aliphatic rings. The van der Waals surface area contributed by atoms with Crippen LogP contribution in [0.2, 0.25) is 0 Å². The molecular formula is C24H28N2O6. The van der Waals surface area contributed by atoms with Gasteiger partial charge in [0.05, 0.1) is 6.61 Å². The molecule has 1 atom stereocenters. The number of benzene rings is 2. The quantitative estimate of drug-likeness (QED) is 0.490. The number of carboxylic acids is 1. The number of aliphatic carboxylic acids is 1. The molecule has 2 aromatic carbocycles. The fraction of sp³-hybridized carbons (Fsp3) is 0.375. The molecule has 3 N–H and O–H groups in total. The first-order valence-electron chi connectivity index (χ1n) is 10.6. The first-order chi connectivity index (χ1) is 15.4. The van der Waals surface area contributed by atoms with Crippen LogP contribution in [0.25, 0.3) is 11.1 Å². The second kappa shape index (κ2) is 10.8. The number of alkyl carbamates (subject to hydrolysis) is 1. The third-order valence-corrected chi connectivity index (χ3v) is 5.34. The number of carbonyl (C=O) groups excluding carboxylic acids is 2. The Labute approximate surface area is 186 Å². The van der Waals surface area contributed by atoms with Crippen LogP contribution in [0.3, 0.4) is 0 Å². The van der Waals surface area contributed by atoms with Gasteiger partial charge in [0.15, 0.2) is 0 Å². The van der Waals surface area contributed by atoms with Crippen molar-refractivity contribution in [2.24, 2.45) is 5.92 Å². The number of ether oxygens (including phenoxy) is 2. The predicted molar refractivity (Wildman–Crippen MR) is 118 cm³/mol. The van der Waals surface area contributed by atoms with E-state index in [1.807, 2.05) is 36.4 Å². The van der Waals surface area contributed by atoms with E-state index in [1.165, 1.54) is 0 Å². The molecule has 0 radical (unpaired) electrons. The molecule has 1 aliphatic carbocycles. The lowest BCUT2D eigenvalue weighted by Crippen LogP contribution is -2.45. The molecule has 0 saturated heterocycles. The fourth-order valence-corrected chi connectivity index (χ4v) is 3.77. The summed E-state index contributed by atoms with van der Waals surface area (Å²) >= 11 is 0. The summed E-state index contributed by atoms with van der Waals surface area (Å²) < 4.78 is 10.6. The number of nitrogens with one attached hydrogen (secondary N) is 2.